The summed E-state index contributed by atoms with van der Waals surface area (Å²) < 4.78 is 39.7. The fraction of sp³-hybridized carbons (Fsp3) is 0.688. The lowest BCUT2D eigenvalue weighted by atomic mass is 9.77. The highest BCUT2D eigenvalue weighted by atomic mass is 19.2. The predicted molar refractivity (Wildman–Crippen MR) is 73.0 cm³/mol. The minimum atomic E-state index is -1.35. The van der Waals surface area contributed by atoms with Crippen molar-refractivity contribution in [3.8, 4) is 0 Å². The molecule has 0 saturated heterocycles. The summed E-state index contributed by atoms with van der Waals surface area (Å²) in [5.74, 6) is -2.55. The van der Waals surface area contributed by atoms with Crippen molar-refractivity contribution in [3.63, 3.8) is 0 Å². The molecule has 0 aliphatic heterocycles. The minimum Gasteiger partial charge on any atom is -0.202 e. The summed E-state index contributed by atoms with van der Waals surface area (Å²) >= 11 is 0. The molecule has 1 aliphatic rings. The Morgan fingerprint density at radius 1 is 1.05 bits per heavy atom. The van der Waals surface area contributed by atoms with Crippen LogP contribution in [0.25, 0.3) is 0 Å². The lowest BCUT2D eigenvalue weighted by Crippen LogP contribution is -2.15. The first-order valence-electron chi connectivity index (χ1n) is 7.63. The average Bonchev–Trinajstić information content (AvgIpc) is 2.44. The zero-order valence-electron chi connectivity index (χ0n) is 12.0. The van der Waals surface area contributed by atoms with Crippen molar-refractivity contribution < 1.29 is 13.2 Å². The van der Waals surface area contributed by atoms with Crippen LogP contribution in [0.4, 0.5) is 13.2 Å². The molecule has 1 saturated carbocycles. The molecule has 1 aromatic rings. The Bertz CT molecular complexity index is 440. The Kier molecular flexibility index (Phi) is 5.44. The van der Waals surface area contributed by atoms with Crippen molar-refractivity contribution >= 4 is 0 Å². The third kappa shape index (κ3) is 3.74. The van der Waals surface area contributed by atoms with E-state index in [1.54, 1.807) is 0 Å². The van der Waals surface area contributed by atoms with E-state index in [0.29, 0.717) is 5.92 Å². The molecule has 0 radical (unpaired) electrons. The fourth-order valence-electron chi connectivity index (χ4n) is 3.19. The summed E-state index contributed by atoms with van der Waals surface area (Å²) in [7, 11) is 0. The highest BCUT2D eigenvalue weighted by Crippen LogP contribution is 2.38. The third-order valence-corrected chi connectivity index (χ3v) is 4.42. The Balaban J connectivity index is 1.92. The molecule has 4 heteroatoms. The molecule has 0 amide bonds. The molecule has 0 bridgehead atoms. The number of aromatic nitrogens is 1. The number of hydrogen-bond donors (Lipinski definition) is 0. The molecule has 1 aromatic heterocycles. The van der Waals surface area contributed by atoms with Crippen LogP contribution < -0.4 is 0 Å². The summed E-state index contributed by atoms with van der Waals surface area (Å²) in [6.45, 7) is 2.19. The molecular formula is C16H22F3N. The lowest BCUT2D eigenvalue weighted by molar-refractivity contribution is 0.296. The molecule has 2 rings (SSSR count). The van der Waals surface area contributed by atoms with Crippen LogP contribution in [0.2, 0.25) is 0 Å². The smallest absolute Gasteiger partial charge is 0.202 e. The fourth-order valence-corrected chi connectivity index (χ4v) is 3.19. The van der Waals surface area contributed by atoms with Gasteiger partial charge in [-0.15, -0.1) is 0 Å². The van der Waals surface area contributed by atoms with E-state index in [-0.39, 0.29) is 11.5 Å². The molecule has 0 atom stereocenters. The van der Waals surface area contributed by atoms with Crippen LogP contribution in [-0.4, -0.2) is 4.98 Å². The third-order valence-electron chi connectivity index (χ3n) is 4.42. The van der Waals surface area contributed by atoms with Gasteiger partial charge in [0.1, 0.15) is 0 Å². The largest absolute Gasteiger partial charge is 0.251 e. The van der Waals surface area contributed by atoms with Crippen molar-refractivity contribution in [1.29, 1.82) is 0 Å². The first-order valence-corrected chi connectivity index (χ1v) is 7.63. The minimum absolute atomic E-state index is 0.0139. The van der Waals surface area contributed by atoms with Gasteiger partial charge in [-0.3, -0.25) is 0 Å². The van der Waals surface area contributed by atoms with E-state index in [2.05, 4.69) is 11.9 Å². The van der Waals surface area contributed by atoms with Crippen LogP contribution in [0.3, 0.4) is 0 Å². The molecule has 1 aliphatic carbocycles. The number of pyridine rings is 1. The van der Waals surface area contributed by atoms with Crippen molar-refractivity contribution in [1.82, 2.24) is 4.98 Å². The van der Waals surface area contributed by atoms with Crippen molar-refractivity contribution in [2.24, 2.45) is 5.92 Å². The van der Waals surface area contributed by atoms with E-state index < -0.39 is 17.7 Å². The summed E-state index contributed by atoms with van der Waals surface area (Å²) in [6, 6.07) is 0.986. The van der Waals surface area contributed by atoms with Gasteiger partial charge in [0.05, 0.1) is 0 Å². The standard InChI is InChI=1S/C16H22F3N/c1-2-3-4-5-11-6-8-12(9-7-11)13-10-14(17)16(19)20-15(13)18/h10-12H,2-9H2,1H3. The Morgan fingerprint density at radius 3 is 2.40 bits per heavy atom. The summed E-state index contributed by atoms with van der Waals surface area (Å²) in [6.07, 6.45) is 8.77. The molecule has 1 heterocycles. The second kappa shape index (κ2) is 7.09. The maximum Gasteiger partial charge on any atom is 0.251 e. The highest BCUT2D eigenvalue weighted by Gasteiger charge is 2.26. The van der Waals surface area contributed by atoms with Gasteiger partial charge < -0.3 is 0 Å². The van der Waals surface area contributed by atoms with Gasteiger partial charge in [-0.1, -0.05) is 32.6 Å². The van der Waals surface area contributed by atoms with Gasteiger partial charge >= 0.3 is 0 Å². The highest BCUT2D eigenvalue weighted by molar-refractivity contribution is 5.18. The van der Waals surface area contributed by atoms with Crippen LogP contribution in [0.5, 0.6) is 0 Å². The van der Waals surface area contributed by atoms with Gasteiger partial charge in [-0.2, -0.15) is 13.8 Å². The molecule has 0 N–H and O–H groups in total. The first-order chi connectivity index (χ1) is 9.61. The van der Waals surface area contributed by atoms with Crippen molar-refractivity contribution in [3.05, 3.63) is 29.3 Å². The molecule has 0 spiro atoms. The van der Waals surface area contributed by atoms with E-state index in [4.69, 9.17) is 0 Å². The number of unbranched alkanes of at least 4 members (excludes halogenated alkanes) is 2. The van der Waals surface area contributed by atoms with Gasteiger partial charge in [0.2, 0.25) is 5.95 Å². The molecule has 112 valence electrons. The number of rotatable bonds is 5. The Morgan fingerprint density at radius 2 is 1.75 bits per heavy atom. The van der Waals surface area contributed by atoms with Crippen LogP contribution in [0.1, 0.15) is 69.8 Å². The summed E-state index contributed by atoms with van der Waals surface area (Å²) in [4.78, 5) is 3.02. The quantitative estimate of drug-likeness (QED) is 0.524. The zero-order chi connectivity index (χ0) is 14.5. The second-order valence-corrected chi connectivity index (χ2v) is 5.85. The maximum atomic E-state index is 13.6. The van der Waals surface area contributed by atoms with E-state index >= 15 is 0 Å². The normalized spacial score (nSPS) is 23.0. The van der Waals surface area contributed by atoms with Crippen LogP contribution in [0, 0.1) is 23.6 Å². The molecule has 0 unspecified atom stereocenters. The van der Waals surface area contributed by atoms with Crippen molar-refractivity contribution in [2.45, 2.75) is 64.2 Å². The van der Waals surface area contributed by atoms with Crippen LogP contribution in [-0.2, 0) is 0 Å². The van der Waals surface area contributed by atoms with Gasteiger partial charge in [0.25, 0.3) is 5.95 Å². The number of nitrogens with zero attached hydrogens (tertiary/aromatic N) is 1. The summed E-state index contributed by atoms with van der Waals surface area (Å²) in [5, 5.41) is 0. The van der Waals surface area contributed by atoms with E-state index in [1.807, 2.05) is 0 Å². The van der Waals surface area contributed by atoms with E-state index in [9.17, 15) is 13.2 Å². The Labute approximate surface area is 118 Å². The Hall–Kier alpha value is -1.06. The predicted octanol–water partition coefficient (Wildman–Crippen LogP) is 5.35. The molecule has 1 nitrogen and oxygen atoms in total. The second-order valence-electron chi connectivity index (χ2n) is 5.85. The van der Waals surface area contributed by atoms with E-state index in [1.165, 1.54) is 25.7 Å². The van der Waals surface area contributed by atoms with Gasteiger partial charge in [-0.25, -0.2) is 4.39 Å². The van der Waals surface area contributed by atoms with Crippen LogP contribution >= 0.6 is 0 Å². The summed E-state index contributed by atoms with van der Waals surface area (Å²) in [5.41, 5.74) is 0.246. The topological polar surface area (TPSA) is 12.9 Å². The maximum absolute atomic E-state index is 13.6. The van der Waals surface area contributed by atoms with Crippen molar-refractivity contribution in [2.75, 3.05) is 0 Å². The average molecular weight is 285 g/mol. The molecule has 1 fully saturated rings. The first kappa shape index (κ1) is 15.3. The lowest BCUT2D eigenvalue weighted by Gasteiger charge is -2.28. The van der Waals surface area contributed by atoms with Gasteiger partial charge in [0.15, 0.2) is 5.82 Å². The van der Waals surface area contributed by atoms with E-state index in [0.717, 1.165) is 31.7 Å². The monoisotopic (exact) mass is 285 g/mol. The molecule has 0 aromatic carbocycles. The number of hydrogen-bond acceptors (Lipinski definition) is 1. The molecule has 20 heavy (non-hydrogen) atoms. The molecular weight excluding hydrogens is 263 g/mol. The number of halogens is 3. The van der Waals surface area contributed by atoms with Crippen LogP contribution in [0.15, 0.2) is 6.07 Å². The van der Waals surface area contributed by atoms with Gasteiger partial charge in [-0.05, 0) is 43.6 Å². The SMILES string of the molecule is CCCCCC1CCC(c2cc(F)c(F)nc2F)CC1. The zero-order valence-corrected chi connectivity index (χ0v) is 12.0. The van der Waals surface area contributed by atoms with Gasteiger partial charge in [0, 0.05) is 5.56 Å².